The van der Waals surface area contributed by atoms with Crippen LogP contribution in [0.3, 0.4) is 0 Å². The molecule has 104 valence electrons. The number of rotatable bonds is 7. The fourth-order valence-corrected chi connectivity index (χ4v) is 2.52. The molecule has 1 aromatic heterocycles. The summed E-state index contributed by atoms with van der Waals surface area (Å²) in [6.07, 6.45) is 5.50. The highest BCUT2D eigenvalue weighted by Gasteiger charge is 2.09. The Kier molecular flexibility index (Phi) is 4.86. The van der Waals surface area contributed by atoms with Crippen molar-refractivity contribution in [1.29, 1.82) is 0 Å². The molecule has 0 saturated heterocycles. The Balaban J connectivity index is 2.05. The molecule has 19 heavy (non-hydrogen) atoms. The first-order valence-corrected chi connectivity index (χ1v) is 7.26. The number of phenolic OH excluding ortho intramolecular Hbond substituents is 1. The zero-order chi connectivity index (χ0) is 13.7. The number of aromatic nitrogens is 1. The lowest BCUT2D eigenvalue weighted by atomic mass is 10.1. The molecule has 3 heteroatoms. The van der Waals surface area contributed by atoms with Gasteiger partial charge in [-0.15, -0.1) is 0 Å². The van der Waals surface area contributed by atoms with Crippen molar-refractivity contribution in [3.63, 3.8) is 0 Å². The van der Waals surface area contributed by atoms with E-state index in [1.165, 1.54) is 24.9 Å². The zero-order valence-electron chi connectivity index (χ0n) is 11.9. The van der Waals surface area contributed by atoms with Crippen LogP contribution in [0.15, 0.2) is 24.4 Å². The number of H-pyrrole nitrogens is 1. The van der Waals surface area contributed by atoms with E-state index in [1.807, 2.05) is 18.3 Å². The highest BCUT2D eigenvalue weighted by Crippen LogP contribution is 2.27. The predicted octanol–water partition coefficient (Wildman–Crippen LogP) is 3.54. The molecule has 0 amide bonds. The second kappa shape index (κ2) is 6.62. The fraction of sp³-hybridized carbons (Fsp3) is 0.500. The molecule has 0 spiro atoms. The van der Waals surface area contributed by atoms with Gasteiger partial charge in [-0.2, -0.15) is 0 Å². The van der Waals surface area contributed by atoms with Gasteiger partial charge < -0.3 is 15.0 Å². The summed E-state index contributed by atoms with van der Waals surface area (Å²) in [7, 11) is 0. The smallest absolute Gasteiger partial charge is 0.125 e. The van der Waals surface area contributed by atoms with E-state index < -0.39 is 0 Å². The van der Waals surface area contributed by atoms with Gasteiger partial charge >= 0.3 is 0 Å². The average Bonchev–Trinajstić information content (AvgIpc) is 2.84. The Morgan fingerprint density at radius 1 is 1.21 bits per heavy atom. The van der Waals surface area contributed by atoms with Crippen LogP contribution in [0.1, 0.15) is 32.3 Å². The molecular formula is C16H24N2O. The van der Waals surface area contributed by atoms with Crippen LogP contribution in [-0.4, -0.2) is 34.6 Å². The number of nitrogens with zero attached hydrogens (tertiary/aromatic N) is 1. The van der Waals surface area contributed by atoms with E-state index in [9.17, 15) is 5.11 Å². The number of hydrogen-bond donors (Lipinski definition) is 2. The van der Waals surface area contributed by atoms with Gasteiger partial charge in [-0.05, 0) is 43.6 Å². The van der Waals surface area contributed by atoms with E-state index in [0.717, 1.165) is 30.4 Å². The predicted molar refractivity (Wildman–Crippen MR) is 80.7 cm³/mol. The Morgan fingerprint density at radius 2 is 2.05 bits per heavy atom. The Morgan fingerprint density at radius 3 is 2.79 bits per heavy atom. The summed E-state index contributed by atoms with van der Waals surface area (Å²) < 4.78 is 0. The van der Waals surface area contributed by atoms with Crippen molar-refractivity contribution in [3.05, 3.63) is 30.0 Å². The van der Waals surface area contributed by atoms with E-state index in [2.05, 4.69) is 23.7 Å². The number of phenols is 1. The van der Waals surface area contributed by atoms with Crippen LogP contribution in [0.2, 0.25) is 0 Å². The SMILES string of the molecule is CCCCN(CC)CCc1c[nH]c2cccc(O)c12. The molecule has 0 radical (unpaired) electrons. The van der Waals surface area contributed by atoms with Crippen LogP contribution in [0, 0.1) is 0 Å². The molecule has 3 nitrogen and oxygen atoms in total. The van der Waals surface area contributed by atoms with Crippen molar-refractivity contribution in [2.24, 2.45) is 0 Å². The van der Waals surface area contributed by atoms with Crippen LogP contribution in [0.4, 0.5) is 0 Å². The van der Waals surface area contributed by atoms with Gasteiger partial charge in [0.05, 0.1) is 0 Å². The number of nitrogens with one attached hydrogen (secondary N) is 1. The quantitative estimate of drug-likeness (QED) is 0.799. The molecule has 0 atom stereocenters. The summed E-state index contributed by atoms with van der Waals surface area (Å²) in [5.74, 6) is 0.380. The van der Waals surface area contributed by atoms with E-state index in [1.54, 1.807) is 6.07 Å². The van der Waals surface area contributed by atoms with Crippen molar-refractivity contribution in [2.45, 2.75) is 33.1 Å². The molecule has 0 saturated carbocycles. The number of fused-ring (bicyclic) bond motifs is 1. The maximum absolute atomic E-state index is 9.97. The van der Waals surface area contributed by atoms with Crippen LogP contribution >= 0.6 is 0 Å². The average molecular weight is 260 g/mol. The molecule has 0 fully saturated rings. The van der Waals surface area contributed by atoms with E-state index >= 15 is 0 Å². The van der Waals surface area contributed by atoms with E-state index in [4.69, 9.17) is 0 Å². The van der Waals surface area contributed by atoms with Gasteiger partial charge in [-0.25, -0.2) is 0 Å². The standard InChI is InChI=1S/C16H24N2O/c1-3-5-10-18(4-2)11-9-13-12-17-14-7-6-8-15(19)16(13)14/h6-8,12,17,19H,3-5,9-11H2,1-2H3. The number of likely N-dealkylation sites (N-methyl/N-ethyl adjacent to an activating group) is 1. The van der Waals surface area contributed by atoms with Crippen molar-refractivity contribution in [1.82, 2.24) is 9.88 Å². The van der Waals surface area contributed by atoms with Crippen LogP contribution in [0.25, 0.3) is 10.9 Å². The number of hydrogen-bond acceptors (Lipinski definition) is 2. The van der Waals surface area contributed by atoms with Crippen molar-refractivity contribution in [3.8, 4) is 5.75 Å². The lowest BCUT2D eigenvalue weighted by Gasteiger charge is -2.19. The largest absolute Gasteiger partial charge is 0.507 e. The third-order valence-electron chi connectivity index (χ3n) is 3.74. The van der Waals surface area contributed by atoms with Crippen molar-refractivity contribution < 1.29 is 5.11 Å². The van der Waals surface area contributed by atoms with Gasteiger partial charge in [0.1, 0.15) is 5.75 Å². The summed E-state index contributed by atoms with van der Waals surface area (Å²) in [5, 5.41) is 11.0. The number of aromatic hydroxyl groups is 1. The molecule has 2 rings (SSSR count). The number of benzene rings is 1. The van der Waals surface area contributed by atoms with Gasteiger partial charge in [0.25, 0.3) is 0 Å². The molecule has 1 aromatic carbocycles. The normalized spacial score (nSPS) is 11.5. The lowest BCUT2D eigenvalue weighted by molar-refractivity contribution is 0.287. The molecule has 0 bridgehead atoms. The summed E-state index contributed by atoms with van der Waals surface area (Å²) in [4.78, 5) is 5.71. The van der Waals surface area contributed by atoms with Crippen LogP contribution < -0.4 is 0 Å². The van der Waals surface area contributed by atoms with E-state index in [0.29, 0.717) is 5.75 Å². The minimum Gasteiger partial charge on any atom is -0.507 e. The first-order valence-electron chi connectivity index (χ1n) is 7.26. The number of unbranched alkanes of at least 4 members (excludes halogenated alkanes) is 1. The minimum atomic E-state index is 0.380. The van der Waals surface area contributed by atoms with Gasteiger partial charge in [0, 0.05) is 23.6 Å². The van der Waals surface area contributed by atoms with Gasteiger partial charge in [0.2, 0.25) is 0 Å². The monoisotopic (exact) mass is 260 g/mol. The van der Waals surface area contributed by atoms with Crippen molar-refractivity contribution in [2.75, 3.05) is 19.6 Å². The second-order valence-corrected chi connectivity index (χ2v) is 5.05. The topological polar surface area (TPSA) is 39.3 Å². The summed E-state index contributed by atoms with van der Waals surface area (Å²) >= 11 is 0. The second-order valence-electron chi connectivity index (χ2n) is 5.05. The van der Waals surface area contributed by atoms with Crippen molar-refractivity contribution >= 4 is 10.9 Å². The third-order valence-corrected chi connectivity index (χ3v) is 3.74. The molecule has 0 unspecified atom stereocenters. The molecule has 1 heterocycles. The molecular weight excluding hydrogens is 236 g/mol. The molecule has 2 N–H and O–H groups in total. The molecule has 0 aliphatic heterocycles. The Hall–Kier alpha value is -1.48. The fourth-order valence-electron chi connectivity index (χ4n) is 2.52. The zero-order valence-corrected chi connectivity index (χ0v) is 11.9. The molecule has 0 aliphatic carbocycles. The summed E-state index contributed by atoms with van der Waals surface area (Å²) in [6.45, 7) is 7.75. The maximum Gasteiger partial charge on any atom is 0.125 e. The summed E-state index contributed by atoms with van der Waals surface area (Å²) in [6, 6.07) is 5.64. The van der Waals surface area contributed by atoms with Gasteiger partial charge in [0.15, 0.2) is 0 Å². The summed E-state index contributed by atoms with van der Waals surface area (Å²) in [5.41, 5.74) is 2.23. The number of aromatic amines is 1. The van der Waals surface area contributed by atoms with Gasteiger partial charge in [-0.3, -0.25) is 0 Å². The minimum absolute atomic E-state index is 0.380. The maximum atomic E-state index is 9.97. The Bertz CT molecular complexity index is 518. The third kappa shape index (κ3) is 3.29. The highest BCUT2D eigenvalue weighted by atomic mass is 16.3. The molecule has 0 aliphatic rings. The highest BCUT2D eigenvalue weighted by molar-refractivity contribution is 5.88. The first-order chi connectivity index (χ1) is 9.26. The lowest BCUT2D eigenvalue weighted by Crippen LogP contribution is -2.26. The van der Waals surface area contributed by atoms with Crippen LogP contribution in [0.5, 0.6) is 5.75 Å². The van der Waals surface area contributed by atoms with E-state index in [-0.39, 0.29) is 0 Å². The first kappa shape index (κ1) is 13.9. The van der Waals surface area contributed by atoms with Crippen LogP contribution in [-0.2, 0) is 6.42 Å². The Labute approximate surface area is 115 Å². The van der Waals surface area contributed by atoms with Gasteiger partial charge in [-0.1, -0.05) is 26.3 Å². The molecule has 2 aromatic rings.